The summed E-state index contributed by atoms with van der Waals surface area (Å²) in [7, 11) is 0. The summed E-state index contributed by atoms with van der Waals surface area (Å²) in [6.45, 7) is 1.74. The van der Waals surface area contributed by atoms with Gasteiger partial charge in [0.2, 0.25) is 0 Å². The standard InChI is InChI=1S/C13H22N4/c14-7-12(16-6-5-10-1-2-10)13-8-15-9-17(13)11-3-4-11/h8-12,16H,1-7,14H2. The first-order chi connectivity index (χ1) is 8.38. The van der Waals surface area contributed by atoms with Crippen molar-refractivity contribution >= 4 is 0 Å². The van der Waals surface area contributed by atoms with Gasteiger partial charge < -0.3 is 15.6 Å². The van der Waals surface area contributed by atoms with E-state index in [4.69, 9.17) is 5.73 Å². The van der Waals surface area contributed by atoms with Crippen LogP contribution < -0.4 is 11.1 Å². The molecule has 2 fully saturated rings. The topological polar surface area (TPSA) is 55.9 Å². The lowest BCUT2D eigenvalue weighted by atomic mass is 10.2. The zero-order valence-electron chi connectivity index (χ0n) is 10.3. The fraction of sp³-hybridized carbons (Fsp3) is 0.769. The molecule has 0 spiro atoms. The van der Waals surface area contributed by atoms with Crippen LogP contribution in [0.15, 0.2) is 12.5 Å². The maximum Gasteiger partial charge on any atom is 0.0951 e. The molecular formula is C13H22N4. The molecule has 17 heavy (non-hydrogen) atoms. The SMILES string of the molecule is NCC(NCCC1CC1)c1cncn1C1CC1. The van der Waals surface area contributed by atoms with E-state index in [1.807, 2.05) is 12.5 Å². The fourth-order valence-electron chi connectivity index (χ4n) is 2.42. The van der Waals surface area contributed by atoms with E-state index in [0.29, 0.717) is 12.6 Å². The molecule has 94 valence electrons. The smallest absolute Gasteiger partial charge is 0.0951 e. The van der Waals surface area contributed by atoms with Crippen molar-refractivity contribution in [2.75, 3.05) is 13.1 Å². The monoisotopic (exact) mass is 234 g/mol. The molecule has 1 heterocycles. The molecule has 4 heteroatoms. The van der Waals surface area contributed by atoms with Gasteiger partial charge in [0, 0.05) is 18.8 Å². The van der Waals surface area contributed by atoms with Gasteiger partial charge >= 0.3 is 0 Å². The van der Waals surface area contributed by atoms with Crippen molar-refractivity contribution < 1.29 is 0 Å². The predicted molar refractivity (Wildman–Crippen MR) is 67.6 cm³/mol. The summed E-state index contributed by atoms with van der Waals surface area (Å²) < 4.78 is 2.31. The normalized spacial score (nSPS) is 21.7. The summed E-state index contributed by atoms with van der Waals surface area (Å²) in [5.41, 5.74) is 7.15. The van der Waals surface area contributed by atoms with Crippen LogP contribution in [0.4, 0.5) is 0 Å². The number of nitrogens with zero attached hydrogens (tertiary/aromatic N) is 2. The summed E-state index contributed by atoms with van der Waals surface area (Å²) >= 11 is 0. The summed E-state index contributed by atoms with van der Waals surface area (Å²) in [6.07, 6.45) is 10.7. The molecule has 0 amide bonds. The lowest BCUT2D eigenvalue weighted by Gasteiger charge is -2.18. The van der Waals surface area contributed by atoms with Crippen molar-refractivity contribution in [3.8, 4) is 0 Å². The second-order valence-electron chi connectivity index (χ2n) is 5.43. The van der Waals surface area contributed by atoms with Crippen LogP contribution in [0, 0.1) is 5.92 Å². The minimum absolute atomic E-state index is 0.275. The van der Waals surface area contributed by atoms with E-state index >= 15 is 0 Å². The third-order valence-corrected chi connectivity index (χ3v) is 3.87. The molecule has 3 rings (SSSR count). The molecule has 0 bridgehead atoms. The first-order valence-electron chi connectivity index (χ1n) is 6.83. The number of imidazole rings is 1. The third kappa shape index (κ3) is 2.69. The summed E-state index contributed by atoms with van der Waals surface area (Å²) in [4.78, 5) is 4.28. The van der Waals surface area contributed by atoms with Crippen LogP contribution in [0.3, 0.4) is 0 Å². The molecule has 2 saturated carbocycles. The molecule has 1 aromatic heterocycles. The minimum atomic E-state index is 0.275. The van der Waals surface area contributed by atoms with Gasteiger partial charge in [-0.3, -0.25) is 0 Å². The van der Waals surface area contributed by atoms with Crippen molar-refractivity contribution in [3.63, 3.8) is 0 Å². The van der Waals surface area contributed by atoms with Gasteiger partial charge in [-0.05, 0) is 31.7 Å². The van der Waals surface area contributed by atoms with Gasteiger partial charge in [-0.25, -0.2) is 4.98 Å². The third-order valence-electron chi connectivity index (χ3n) is 3.87. The lowest BCUT2D eigenvalue weighted by molar-refractivity contribution is 0.486. The van der Waals surface area contributed by atoms with Gasteiger partial charge in [0.1, 0.15) is 0 Å². The highest BCUT2D eigenvalue weighted by Crippen LogP contribution is 2.37. The molecule has 1 aromatic rings. The van der Waals surface area contributed by atoms with Crippen molar-refractivity contribution in [2.45, 2.75) is 44.2 Å². The Labute approximate surface area is 103 Å². The number of aromatic nitrogens is 2. The van der Waals surface area contributed by atoms with Gasteiger partial charge in [0.15, 0.2) is 0 Å². The molecule has 0 aromatic carbocycles. The highest BCUT2D eigenvalue weighted by Gasteiger charge is 2.27. The van der Waals surface area contributed by atoms with Gasteiger partial charge in [0.25, 0.3) is 0 Å². The first kappa shape index (κ1) is 11.2. The van der Waals surface area contributed by atoms with Crippen LogP contribution in [0.2, 0.25) is 0 Å². The maximum absolute atomic E-state index is 5.88. The Morgan fingerprint density at radius 2 is 2.24 bits per heavy atom. The van der Waals surface area contributed by atoms with Crippen LogP contribution in [-0.4, -0.2) is 22.6 Å². The molecular weight excluding hydrogens is 212 g/mol. The summed E-state index contributed by atoms with van der Waals surface area (Å²) in [5.74, 6) is 0.981. The van der Waals surface area contributed by atoms with Gasteiger partial charge in [-0.2, -0.15) is 0 Å². The molecule has 0 aliphatic heterocycles. The van der Waals surface area contributed by atoms with E-state index in [9.17, 15) is 0 Å². The Morgan fingerprint density at radius 1 is 1.41 bits per heavy atom. The lowest BCUT2D eigenvalue weighted by Crippen LogP contribution is -2.30. The summed E-state index contributed by atoms with van der Waals surface area (Å²) in [5, 5.41) is 3.58. The number of nitrogens with one attached hydrogen (secondary N) is 1. The molecule has 1 unspecified atom stereocenters. The van der Waals surface area contributed by atoms with Gasteiger partial charge in [-0.1, -0.05) is 12.8 Å². The zero-order chi connectivity index (χ0) is 11.7. The van der Waals surface area contributed by atoms with E-state index < -0.39 is 0 Å². The van der Waals surface area contributed by atoms with Gasteiger partial charge in [-0.15, -0.1) is 0 Å². The Kier molecular flexibility index (Phi) is 3.16. The summed E-state index contributed by atoms with van der Waals surface area (Å²) in [6, 6.07) is 0.962. The molecule has 2 aliphatic rings. The van der Waals surface area contributed by atoms with Crippen LogP contribution >= 0.6 is 0 Å². The fourth-order valence-corrected chi connectivity index (χ4v) is 2.42. The molecule has 1 atom stereocenters. The average Bonchev–Trinajstić information content (AvgIpc) is 3.26. The highest BCUT2D eigenvalue weighted by molar-refractivity contribution is 5.09. The quantitative estimate of drug-likeness (QED) is 0.753. The van der Waals surface area contributed by atoms with E-state index in [0.717, 1.165) is 12.5 Å². The molecule has 2 aliphatic carbocycles. The van der Waals surface area contributed by atoms with Crippen molar-refractivity contribution in [1.82, 2.24) is 14.9 Å². The average molecular weight is 234 g/mol. The number of hydrogen-bond acceptors (Lipinski definition) is 3. The first-order valence-corrected chi connectivity index (χ1v) is 6.83. The highest BCUT2D eigenvalue weighted by atomic mass is 15.1. The zero-order valence-corrected chi connectivity index (χ0v) is 10.3. The Balaban J connectivity index is 1.59. The number of nitrogens with two attached hydrogens (primary N) is 1. The van der Waals surface area contributed by atoms with Crippen LogP contribution in [0.1, 0.15) is 49.9 Å². The largest absolute Gasteiger partial charge is 0.330 e. The molecule has 0 radical (unpaired) electrons. The van der Waals surface area contributed by atoms with Crippen molar-refractivity contribution in [1.29, 1.82) is 0 Å². The van der Waals surface area contributed by atoms with E-state index in [-0.39, 0.29) is 6.04 Å². The molecule has 3 N–H and O–H groups in total. The van der Waals surface area contributed by atoms with E-state index in [1.165, 1.54) is 37.8 Å². The maximum atomic E-state index is 5.88. The van der Waals surface area contributed by atoms with Crippen LogP contribution in [0.25, 0.3) is 0 Å². The Morgan fingerprint density at radius 3 is 2.88 bits per heavy atom. The van der Waals surface area contributed by atoms with E-state index in [2.05, 4.69) is 14.9 Å². The number of hydrogen-bond donors (Lipinski definition) is 2. The molecule has 0 saturated heterocycles. The van der Waals surface area contributed by atoms with Crippen LogP contribution in [-0.2, 0) is 0 Å². The van der Waals surface area contributed by atoms with E-state index in [1.54, 1.807) is 0 Å². The Bertz CT molecular complexity index is 365. The second kappa shape index (κ2) is 4.78. The van der Waals surface area contributed by atoms with Crippen LogP contribution in [0.5, 0.6) is 0 Å². The molecule has 4 nitrogen and oxygen atoms in total. The van der Waals surface area contributed by atoms with Crippen molar-refractivity contribution in [3.05, 3.63) is 18.2 Å². The second-order valence-corrected chi connectivity index (χ2v) is 5.43. The predicted octanol–water partition coefficient (Wildman–Crippen LogP) is 1.61. The Hall–Kier alpha value is -0.870. The number of rotatable bonds is 7. The van der Waals surface area contributed by atoms with Crippen molar-refractivity contribution in [2.24, 2.45) is 11.7 Å². The minimum Gasteiger partial charge on any atom is -0.330 e. The van der Waals surface area contributed by atoms with Gasteiger partial charge in [0.05, 0.1) is 18.1 Å².